The molecule has 1 rings (SSSR count). The lowest BCUT2D eigenvalue weighted by Gasteiger charge is -1.94. The van der Waals surface area contributed by atoms with Gasteiger partial charge in [-0.3, -0.25) is 4.79 Å². The number of rotatable bonds is 2. The summed E-state index contributed by atoms with van der Waals surface area (Å²) in [5, 5.41) is 12.4. The number of hydrogen-bond donors (Lipinski definition) is 0. The molecule has 0 aliphatic carbocycles. The van der Waals surface area contributed by atoms with Crippen molar-refractivity contribution in [3.05, 3.63) is 22.4 Å². The fraction of sp³-hybridized carbons (Fsp3) is 0.286. The van der Waals surface area contributed by atoms with E-state index in [-0.39, 0.29) is 5.78 Å². The minimum atomic E-state index is -1.13. The lowest BCUT2D eigenvalue weighted by molar-refractivity contribution is 0.0609. The van der Waals surface area contributed by atoms with Crippen molar-refractivity contribution in [2.75, 3.05) is 0 Å². The Morgan fingerprint density at radius 1 is 1.70 bits per heavy atom. The van der Waals surface area contributed by atoms with Crippen molar-refractivity contribution in [3.8, 4) is 0 Å². The van der Waals surface area contributed by atoms with Crippen molar-refractivity contribution in [1.82, 2.24) is 0 Å². The Kier molecular flexibility index (Phi) is 2.19. The molecule has 0 spiro atoms. The van der Waals surface area contributed by atoms with Gasteiger partial charge in [-0.2, -0.15) is 0 Å². The Labute approximate surface area is 63.1 Å². The molecule has 1 aromatic heterocycles. The van der Waals surface area contributed by atoms with E-state index in [0.29, 0.717) is 4.88 Å². The molecule has 1 heterocycles. The second-order valence-electron chi connectivity index (χ2n) is 1.98. The Balaban J connectivity index is 2.78. The van der Waals surface area contributed by atoms with Crippen LogP contribution in [0, 0.1) is 0 Å². The summed E-state index contributed by atoms with van der Waals surface area (Å²) in [7, 11) is 0. The summed E-state index contributed by atoms with van der Waals surface area (Å²) >= 11 is 1.31. The molecular formula is C7H7O2S. The van der Waals surface area contributed by atoms with Gasteiger partial charge in [0, 0.05) is 0 Å². The molecule has 1 unspecified atom stereocenters. The standard InChI is InChI=1S/C7H7O2S/c1-5(8)7(9)6-3-2-4-10-6/h2-5H,1H3. The quantitative estimate of drug-likeness (QED) is 0.599. The molecule has 0 saturated heterocycles. The molecule has 2 nitrogen and oxygen atoms in total. The molecule has 0 aliphatic heterocycles. The van der Waals surface area contributed by atoms with E-state index in [1.165, 1.54) is 18.3 Å². The lowest BCUT2D eigenvalue weighted by Crippen LogP contribution is -2.12. The van der Waals surface area contributed by atoms with Gasteiger partial charge >= 0.3 is 0 Å². The minimum absolute atomic E-state index is 0.310. The van der Waals surface area contributed by atoms with Gasteiger partial charge in [0.05, 0.1) is 4.88 Å². The van der Waals surface area contributed by atoms with Gasteiger partial charge in [0.15, 0.2) is 6.10 Å². The van der Waals surface area contributed by atoms with Gasteiger partial charge in [-0.25, -0.2) is 5.11 Å². The molecule has 0 aromatic carbocycles. The van der Waals surface area contributed by atoms with Crippen molar-refractivity contribution < 1.29 is 9.90 Å². The van der Waals surface area contributed by atoms with E-state index in [1.807, 2.05) is 0 Å². The van der Waals surface area contributed by atoms with Crippen LogP contribution in [0.1, 0.15) is 16.6 Å². The van der Waals surface area contributed by atoms with Crippen molar-refractivity contribution in [3.63, 3.8) is 0 Å². The van der Waals surface area contributed by atoms with E-state index in [0.717, 1.165) is 0 Å². The monoisotopic (exact) mass is 155 g/mol. The SMILES string of the molecule is CC([O])C(=O)c1cccs1. The van der Waals surface area contributed by atoms with Crippen molar-refractivity contribution in [1.29, 1.82) is 0 Å². The van der Waals surface area contributed by atoms with Crippen LogP contribution >= 0.6 is 11.3 Å². The molecule has 53 valence electrons. The Morgan fingerprint density at radius 2 is 2.40 bits per heavy atom. The van der Waals surface area contributed by atoms with Gasteiger partial charge < -0.3 is 0 Å². The number of hydrogen-bond acceptors (Lipinski definition) is 2. The van der Waals surface area contributed by atoms with Crippen LogP contribution in [0.5, 0.6) is 0 Å². The first kappa shape index (κ1) is 7.44. The van der Waals surface area contributed by atoms with Crippen LogP contribution in [0.4, 0.5) is 0 Å². The topological polar surface area (TPSA) is 37.0 Å². The predicted molar refractivity (Wildman–Crippen MR) is 38.8 cm³/mol. The van der Waals surface area contributed by atoms with Crippen LogP contribution in [-0.4, -0.2) is 11.9 Å². The number of ketones is 1. The maximum atomic E-state index is 10.9. The van der Waals surface area contributed by atoms with E-state index >= 15 is 0 Å². The molecule has 0 fully saturated rings. The van der Waals surface area contributed by atoms with Gasteiger partial charge in [-0.05, 0) is 18.4 Å². The third-order valence-electron chi connectivity index (χ3n) is 1.13. The maximum absolute atomic E-state index is 10.9. The van der Waals surface area contributed by atoms with E-state index < -0.39 is 6.10 Å². The summed E-state index contributed by atoms with van der Waals surface area (Å²) in [5.41, 5.74) is 0. The highest BCUT2D eigenvalue weighted by Crippen LogP contribution is 2.10. The van der Waals surface area contributed by atoms with E-state index in [4.69, 9.17) is 0 Å². The molecule has 1 atom stereocenters. The number of carbonyl (C=O) groups is 1. The van der Waals surface area contributed by atoms with Gasteiger partial charge in [0.2, 0.25) is 5.78 Å². The summed E-state index contributed by atoms with van der Waals surface area (Å²) in [6.45, 7) is 1.36. The average Bonchev–Trinajstić information content (AvgIpc) is 2.36. The molecule has 3 heteroatoms. The summed E-state index contributed by atoms with van der Waals surface area (Å²) in [5.74, 6) is -0.310. The first-order valence-electron chi connectivity index (χ1n) is 2.95. The summed E-state index contributed by atoms with van der Waals surface area (Å²) in [4.78, 5) is 11.5. The van der Waals surface area contributed by atoms with Crippen LogP contribution in [0.3, 0.4) is 0 Å². The highest BCUT2D eigenvalue weighted by atomic mass is 32.1. The zero-order chi connectivity index (χ0) is 7.56. The first-order chi connectivity index (χ1) is 4.72. The van der Waals surface area contributed by atoms with E-state index in [9.17, 15) is 9.90 Å². The van der Waals surface area contributed by atoms with Crippen LogP contribution in [0.2, 0.25) is 0 Å². The maximum Gasteiger partial charge on any atom is 0.204 e. The van der Waals surface area contributed by atoms with Crippen molar-refractivity contribution >= 4 is 17.1 Å². The van der Waals surface area contributed by atoms with Crippen molar-refractivity contribution in [2.45, 2.75) is 13.0 Å². The number of Topliss-reactive ketones (excluding diaryl/α,β-unsaturated/α-hetero) is 1. The van der Waals surface area contributed by atoms with Gasteiger partial charge in [-0.1, -0.05) is 6.07 Å². The van der Waals surface area contributed by atoms with Crippen LogP contribution < -0.4 is 0 Å². The molecule has 0 N–H and O–H groups in total. The highest BCUT2D eigenvalue weighted by Gasteiger charge is 2.13. The molecule has 0 bridgehead atoms. The highest BCUT2D eigenvalue weighted by molar-refractivity contribution is 7.12. The van der Waals surface area contributed by atoms with E-state index in [2.05, 4.69) is 0 Å². The third-order valence-corrected chi connectivity index (χ3v) is 2.02. The Bertz CT molecular complexity index is 214. The van der Waals surface area contributed by atoms with E-state index in [1.54, 1.807) is 17.5 Å². The zero-order valence-corrected chi connectivity index (χ0v) is 6.35. The van der Waals surface area contributed by atoms with Crippen LogP contribution in [0.25, 0.3) is 0 Å². The molecule has 1 aromatic rings. The third kappa shape index (κ3) is 1.43. The fourth-order valence-electron chi connectivity index (χ4n) is 0.619. The molecular weight excluding hydrogens is 148 g/mol. The normalized spacial score (nSPS) is 13.0. The second-order valence-corrected chi connectivity index (χ2v) is 2.93. The fourth-order valence-corrected chi connectivity index (χ4v) is 1.36. The number of thiophene rings is 1. The number of carbonyl (C=O) groups excluding carboxylic acids is 1. The molecule has 1 radical (unpaired) electrons. The van der Waals surface area contributed by atoms with Gasteiger partial charge in [0.25, 0.3) is 0 Å². The predicted octanol–water partition coefficient (Wildman–Crippen LogP) is 1.75. The molecule has 0 amide bonds. The summed E-state index contributed by atoms with van der Waals surface area (Å²) < 4.78 is 0. The second kappa shape index (κ2) is 2.94. The van der Waals surface area contributed by atoms with Gasteiger partial charge in [0.1, 0.15) is 0 Å². The Hall–Kier alpha value is -0.670. The lowest BCUT2D eigenvalue weighted by atomic mass is 10.2. The first-order valence-corrected chi connectivity index (χ1v) is 3.83. The molecule has 10 heavy (non-hydrogen) atoms. The van der Waals surface area contributed by atoms with Crippen molar-refractivity contribution in [2.24, 2.45) is 0 Å². The average molecular weight is 155 g/mol. The largest absolute Gasteiger partial charge is 0.290 e. The van der Waals surface area contributed by atoms with Crippen LogP contribution in [0.15, 0.2) is 17.5 Å². The molecule has 0 aliphatic rings. The molecule has 0 saturated carbocycles. The zero-order valence-electron chi connectivity index (χ0n) is 5.53. The van der Waals surface area contributed by atoms with Crippen LogP contribution in [-0.2, 0) is 5.11 Å². The smallest absolute Gasteiger partial charge is 0.204 e. The summed E-state index contributed by atoms with van der Waals surface area (Å²) in [6.07, 6.45) is -1.13. The minimum Gasteiger partial charge on any atom is -0.290 e. The van der Waals surface area contributed by atoms with Gasteiger partial charge in [-0.15, -0.1) is 11.3 Å². The summed E-state index contributed by atoms with van der Waals surface area (Å²) in [6, 6.07) is 3.43. The Morgan fingerprint density at radius 3 is 2.80 bits per heavy atom.